The van der Waals surface area contributed by atoms with E-state index in [0.717, 1.165) is 12.7 Å². The molecule has 0 saturated heterocycles. The van der Waals surface area contributed by atoms with Gasteiger partial charge in [0.05, 0.1) is 13.7 Å². The third kappa shape index (κ3) is 9.83. The van der Waals surface area contributed by atoms with E-state index in [2.05, 4.69) is 20.7 Å². The van der Waals surface area contributed by atoms with Gasteiger partial charge in [0.2, 0.25) is 5.91 Å². The molecule has 1 aromatic carbocycles. The second-order valence-corrected chi connectivity index (χ2v) is 8.24. The molecule has 1 aromatic rings. The number of carbonyl (C=O) groups is 4. The van der Waals surface area contributed by atoms with Crippen LogP contribution in [0.15, 0.2) is 30.3 Å². The maximum absolute atomic E-state index is 12.6. The molecule has 10 nitrogen and oxygen atoms in total. The van der Waals surface area contributed by atoms with Crippen molar-refractivity contribution in [3.63, 3.8) is 0 Å². The average Bonchev–Trinajstić information content (AvgIpc) is 2.67. The van der Waals surface area contributed by atoms with Crippen LogP contribution in [0.25, 0.3) is 0 Å². The molecule has 0 aliphatic carbocycles. The van der Waals surface area contributed by atoms with Crippen molar-refractivity contribution in [2.45, 2.75) is 58.4 Å². The lowest BCUT2D eigenvalue weighted by atomic mass is 10.0. The average molecular weight is 437 g/mol. The van der Waals surface area contributed by atoms with Crippen LogP contribution in [-0.2, 0) is 30.4 Å². The van der Waals surface area contributed by atoms with Crippen molar-refractivity contribution >= 4 is 24.1 Å². The molecule has 10 heteroatoms. The van der Waals surface area contributed by atoms with Crippen LogP contribution in [0.5, 0.6) is 0 Å². The number of carbonyl (C=O) groups excluding carboxylic acids is 4. The van der Waals surface area contributed by atoms with Crippen LogP contribution >= 0.6 is 0 Å². The fourth-order valence-corrected chi connectivity index (χ4v) is 2.24. The summed E-state index contributed by atoms with van der Waals surface area (Å²) in [5, 5.41) is 7.30. The lowest BCUT2D eigenvalue weighted by molar-refractivity contribution is -0.145. The molecule has 0 aliphatic heterocycles. The van der Waals surface area contributed by atoms with E-state index in [1.165, 1.54) is 13.8 Å². The lowest BCUT2D eigenvalue weighted by Crippen LogP contribution is -2.59. The van der Waals surface area contributed by atoms with E-state index in [1.807, 2.05) is 18.2 Å². The standard InChI is InChI=1S/C21H31N3O7/c1-20(2,3)31-18(27)22-12-15(16(25)29-6)23-17(26)21(4,5)24-19(28)30-13-14-10-8-7-9-11-14/h7-11,15H,12-13H2,1-6H3,(H,22,27)(H,23,26)(H,24,28)/t15-/m0/s1. The minimum atomic E-state index is -1.41. The van der Waals surface area contributed by atoms with Gasteiger partial charge in [0.25, 0.3) is 0 Å². The zero-order chi connectivity index (χ0) is 23.7. The van der Waals surface area contributed by atoms with E-state index in [4.69, 9.17) is 9.47 Å². The summed E-state index contributed by atoms with van der Waals surface area (Å²) in [5.41, 5.74) is -1.34. The van der Waals surface area contributed by atoms with Crippen molar-refractivity contribution in [2.24, 2.45) is 0 Å². The number of benzene rings is 1. The topological polar surface area (TPSA) is 132 Å². The summed E-state index contributed by atoms with van der Waals surface area (Å²) >= 11 is 0. The number of hydrogen-bond acceptors (Lipinski definition) is 7. The van der Waals surface area contributed by atoms with Crippen molar-refractivity contribution in [3.8, 4) is 0 Å². The van der Waals surface area contributed by atoms with Gasteiger partial charge in [-0.25, -0.2) is 14.4 Å². The largest absolute Gasteiger partial charge is 0.467 e. The minimum absolute atomic E-state index is 0.0367. The Labute approximate surface area is 182 Å². The fraction of sp³-hybridized carbons (Fsp3) is 0.524. The normalized spacial score (nSPS) is 12.2. The van der Waals surface area contributed by atoms with E-state index in [9.17, 15) is 19.2 Å². The van der Waals surface area contributed by atoms with Crippen molar-refractivity contribution in [1.29, 1.82) is 0 Å². The molecule has 3 N–H and O–H groups in total. The molecule has 3 amide bonds. The van der Waals surface area contributed by atoms with Gasteiger partial charge in [-0.3, -0.25) is 4.79 Å². The van der Waals surface area contributed by atoms with Gasteiger partial charge in [-0.15, -0.1) is 0 Å². The summed E-state index contributed by atoms with van der Waals surface area (Å²) in [6.07, 6.45) is -1.55. The monoisotopic (exact) mass is 437 g/mol. The molecule has 0 bridgehead atoms. The number of esters is 1. The van der Waals surface area contributed by atoms with Gasteiger partial charge in [0, 0.05) is 0 Å². The van der Waals surface area contributed by atoms with Crippen LogP contribution < -0.4 is 16.0 Å². The summed E-state index contributed by atoms with van der Waals surface area (Å²) in [6.45, 7) is 7.74. The predicted molar refractivity (Wildman–Crippen MR) is 112 cm³/mol. The number of methoxy groups -OCH3 is 1. The second kappa shape index (κ2) is 11.2. The number of alkyl carbamates (subject to hydrolysis) is 2. The number of amides is 3. The van der Waals surface area contributed by atoms with Crippen LogP contribution in [0.4, 0.5) is 9.59 Å². The van der Waals surface area contributed by atoms with Gasteiger partial charge < -0.3 is 30.2 Å². The lowest BCUT2D eigenvalue weighted by Gasteiger charge is -2.27. The first-order valence-corrected chi connectivity index (χ1v) is 9.68. The van der Waals surface area contributed by atoms with Gasteiger partial charge in [-0.1, -0.05) is 30.3 Å². The Morgan fingerprint density at radius 2 is 1.58 bits per heavy atom. The zero-order valence-corrected chi connectivity index (χ0v) is 18.7. The zero-order valence-electron chi connectivity index (χ0n) is 18.7. The Hall–Kier alpha value is -3.30. The number of ether oxygens (including phenoxy) is 3. The van der Waals surface area contributed by atoms with Crippen LogP contribution in [0.2, 0.25) is 0 Å². The molecule has 0 unspecified atom stereocenters. The fourth-order valence-electron chi connectivity index (χ4n) is 2.24. The van der Waals surface area contributed by atoms with Crippen LogP contribution in [0.1, 0.15) is 40.2 Å². The molecular formula is C21H31N3O7. The van der Waals surface area contributed by atoms with E-state index >= 15 is 0 Å². The SMILES string of the molecule is COC(=O)[C@H](CNC(=O)OC(C)(C)C)NC(=O)C(C)(C)NC(=O)OCc1ccccc1. The van der Waals surface area contributed by atoms with Gasteiger partial charge >= 0.3 is 18.2 Å². The Kier molecular flexibility index (Phi) is 9.29. The molecule has 0 aliphatic rings. The molecule has 31 heavy (non-hydrogen) atoms. The Bertz CT molecular complexity index is 773. The molecule has 0 radical (unpaired) electrons. The summed E-state index contributed by atoms with van der Waals surface area (Å²) in [5.74, 6) is -1.45. The summed E-state index contributed by atoms with van der Waals surface area (Å²) in [7, 11) is 1.15. The van der Waals surface area contributed by atoms with Gasteiger partial charge in [0.15, 0.2) is 0 Å². The summed E-state index contributed by atoms with van der Waals surface area (Å²) < 4.78 is 14.9. The molecule has 0 spiro atoms. The smallest absolute Gasteiger partial charge is 0.408 e. The molecule has 0 heterocycles. The van der Waals surface area contributed by atoms with Gasteiger partial charge in [-0.05, 0) is 40.2 Å². The molecule has 1 atom stereocenters. The number of rotatable bonds is 8. The maximum atomic E-state index is 12.6. The van der Waals surface area contributed by atoms with Crippen LogP contribution in [0.3, 0.4) is 0 Å². The van der Waals surface area contributed by atoms with E-state index in [-0.39, 0.29) is 13.2 Å². The third-order valence-electron chi connectivity index (χ3n) is 3.84. The molecule has 172 valence electrons. The first kappa shape index (κ1) is 25.7. The Morgan fingerprint density at radius 1 is 0.968 bits per heavy atom. The summed E-state index contributed by atoms with van der Waals surface area (Å²) in [6, 6.07) is 7.87. The van der Waals surface area contributed by atoms with Crippen molar-refractivity contribution in [3.05, 3.63) is 35.9 Å². The quantitative estimate of drug-likeness (QED) is 0.418. The van der Waals surface area contributed by atoms with E-state index in [0.29, 0.717) is 0 Å². The minimum Gasteiger partial charge on any atom is -0.467 e. The van der Waals surface area contributed by atoms with Crippen LogP contribution in [0, 0.1) is 0 Å². The Balaban J connectivity index is 2.65. The molecule has 0 aromatic heterocycles. The van der Waals surface area contributed by atoms with Crippen LogP contribution in [-0.4, -0.2) is 54.9 Å². The number of hydrogen-bond donors (Lipinski definition) is 3. The van der Waals surface area contributed by atoms with Gasteiger partial charge in [0.1, 0.15) is 23.8 Å². The summed E-state index contributed by atoms with van der Waals surface area (Å²) in [4.78, 5) is 48.6. The molecule has 0 saturated carbocycles. The number of nitrogens with one attached hydrogen (secondary N) is 3. The highest BCUT2D eigenvalue weighted by Crippen LogP contribution is 2.08. The predicted octanol–water partition coefficient (Wildman–Crippen LogP) is 1.87. The van der Waals surface area contributed by atoms with Crippen molar-refractivity contribution in [2.75, 3.05) is 13.7 Å². The third-order valence-corrected chi connectivity index (χ3v) is 3.84. The highest BCUT2D eigenvalue weighted by atomic mass is 16.6. The van der Waals surface area contributed by atoms with Gasteiger partial charge in [-0.2, -0.15) is 0 Å². The highest BCUT2D eigenvalue weighted by Gasteiger charge is 2.34. The van der Waals surface area contributed by atoms with E-state index in [1.54, 1.807) is 32.9 Å². The highest BCUT2D eigenvalue weighted by molar-refractivity contribution is 5.92. The first-order chi connectivity index (χ1) is 14.3. The first-order valence-electron chi connectivity index (χ1n) is 9.68. The van der Waals surface area contributed by atoms with Crippen molar-refractivity contribution in [1.82, 2.24) is 16.0 Å². The molecule has 0 fully saturated rings. The second-order valence-electron chi connectivity index (χ2n) is 8.24. The van der Waals surface area contributed by atoms with Crippen molar-refractivity contribution < 1.29 is 33.4 Å². The Morgan fingerprint density at radius 3 is 2.13 bits per heavy atom. The van der Waals surface area contributed by atoms with E-state index < -0.39 is 41.2 Å². The maximum Gasteiger partial charge on any atom is 0.408 e. The molecular weight excluding hydrogens is 406 g/mol. The molecule has 1 rings (SSSR count).